The van der Waals surface area contributed by atoms with E-state index in [1.807, 2.05) is 6.07 Å². The highest BCUT2D eigenvalue weighted by Gasteiger charge is 2.20. The molecule has 1 aliphatic heterocycles. The molecule has 2 rings (SSSR count). The highest BCUT2D eigenvalue weighted by atomic mass is 79.9. The van der Waals surface area contributed by atoms with Gasteiger partial charge in [-0.05, 0) is 46.9 Å². The Balaban J connectivity index is 2.38. The number of benzene rings is 1. The van der Waals surface area contributed by atoms with Crippen LogP contribution in [0.25, 0.3) is 0 Å². The van der Waals surface area contributed by atoms with Crippen LogP contribution in [-0.4, -0.2) is 6.54 Å². The van der Waals surface area contributed by atoms with Crippen LogP contribution in [0.2, 0.25) is 5.02 Å². The molecule has 1 unspecified atom stereocenters. The standard InChI is InChI=1S/C10H10BrClFN/c11-9-6(8-2-1-5-14-8)3-4-7(12)10(9)13/h3-4,8,14H,1-2,5H2. The Bertz CT molecular complexity index is 350. The van der Waals surface area contributed by atoms with E-state index in [0.717, 1.165) is 24.9 Å². The predicted molar refractivity (Wildman–Crippen MR) is 59.1 cm³/mol. The minimum atomic E-state index is -0.363. The van der Waals surface area contributed by atoms with Gasteiger partial charge >= 0.3 is 0 Å². The summed E-state index contributed by atoms with van der Waals surface area (Å²) in [7, 11) is 0. The molecule has 1 atom stereocenters. The molecule has 0 aliphatic carbocycles. The monoisotopic (exact) mass is 277 g/mol. The van der Waals surface area contributed by atoms with Crippen LogP contribution in [0.5, 0.6) is 0 Å². The first-order valence-corrected chi connectivity index (χ1v) is 5.74. The van der Waals surface area contributed by atoms with Crippen LogP contribution in [0.3, 0.4) is 0 Å². The van der Waals surface area contributed by atoms with E-state index in [9.17, 15) is 4.39 Å². The average molecular weight is 279 g/mol. The molecule has 0 spiro atoms. The Labute approximate surface area is 95.8 Å². The van der Waals surface area contributed by atoms with E-state index in [4.69, 9.17) is 11.6 Å². The highest BCUT2D eigenvalue weighted by molar-refractivity contribution is 9.10. The molecular formula is C10H10BrClFN. The summed E-state index contributed by atoms with van der Waals surface area (Å²) in [5.74, 6) is -0.363. The summed E-state index contributed by atoms with van der Waals surface area (Å²) in [5.41, 5.74) is 0.962. The van der Waals surface area contributed by atoms with Crippen molar-refractivity contribution in [1.82, 2.24) is 5.32 Å². The van der Waals surface area contributed by atoms with Crippen LogP contribution in [0, 0.1) is 5.82 Å². The van der Waals surface area contributed by atoms with E-state index < -0.39 is 0 Å². The molecule has 0 amide bonds. The summed E-state index contributed by atoms with van der Waals surface area (Å²) >= 11 is 8.91. The van der Waals surface area contributed by atoms with Gasteiger partial charge in [-0.1, -0.05) is 17.7 Å². The third-order valence-corrected chi connectivity index (χ3v) is 3.60. The number of halogens is 3. The SMILES string of the molecule is Fc1c(Cl)ccc(C2CCCN2)c1Br. The molecule has 1 aliphatic rings. The summed E-state index contributed by atoms with van der Waals surface area (Å²) in [6, 6.07) is 3.74. The van der Waals surface area contributed by atoms with Crippen molar-refractivity contribution in [1.29, 1.82) is 0 Å². The fourth-order valence-corrected chi connectivity index (χ4v) is 2.65. The largest absolute Gasteiger partial charge is 0.310 e. The number of hydrogen-bond acceptors (Lipinski definition) is 1. The van der Waals surface area contributed by atoms with Gasteiger partial charge in [-0.2, -0.15) is 0 Å². The lowest BCUT2D eigenvalue weighted by Gasteiger charge is -2.13. The zero-order chi connectivity index (χ0) is 10.1. The van der Waals surface area contributed by atoms with Crippen LogP contribution >= 0.6 is 27.5 Å². The van der Waals surface area contributed by atoms with E-state index in [-0.39, 0.29) is 16.9 Å². The number of hydrogen-bond donors (Lipinski definition) is 1. The van der Waals surface area contributed by atoms with Crippen LogP contribution in [0.4, 0.5) is 4.39 Å². The van der Waals surface area contributed by atoms with Gasteiger partial charge in [-0.3, -0.25) is 0 Å². The van der Waals surface area contributed by atoms with E-state index >= 15 is 0 Å². The molecule has 0 radical (unpaired) electrons. The molecule has 4 heteroatoms. The van der Waals surface area contributed by atoms with Crippen molar-refractivity contribution in [3.05, 3.63) is 33.0 Å². The summed E-state index contributed by atoms with van der Waals surface area (Å²) in [6.07, 6.45) is 2.20. The lowest BCUT2D eigenvalue weighted by atomic mass is 10.1. The van der Waals surface area contributed by atoms with E-state index in [2.05, 4.69) is 21.2 Å². The first-order valence-electron chi connectivity index (χ1n) is 4.57. The fourth-order valence-electron chi connectivity index (χ4n) is 1.76. The van der Waals surface area contributed by atoms with Crippen LogP contribution in [-0.2, 0) is 0 Å². The Morgan fingerprint density at radius 2 is 2.29 bits per heavy atom. The maximum atomic E-state index is 13.4. The van der Waals surface area contributed by atoms with Gasteiger partial charge in [0, 0.05) is 6.04 Å². The second-order valence-electron chi connectivity index (χ2n) is 3.41. The van der Waals surface area contributed by atoms with E-state index in [1.165, 1.54) is 0 Å². The zero-order valence-corrected chi connectivity index (χ0v) is 9.83. The molecule has 76 valence electrons. The Hall–Kier alpha value is -0.120. The van der Waals surface area contributed by atoms with Gasteiger partial charge in [0.05, 0.1) is 9.50 Å². The van der Waals surface area contributed by atoms with Crippen molar-refractivity contribution < 1.29 is 4.39 Å². The lowest BCUT2D eigenvalue weighted by molar-refractivity contribution is 0.598. The van der Waals surface area contributed by atoms with Gasteiger partial charge in [-0.25, -0.2) is 4.39 Å². The molecule has 1 N–H and O–H groups in total. The van der Waals surface area contributed by atoms with Gasteiger partial charge < -0.3 is 5.32 Å². The Morgan fingerprint density at radius 3 is 2.93 bits per heavy atom. The smallest absolute Gasteiger partial charge is 0.156 e. The van der Waals surface area contributed by atoms with Crippen LogP contribution < -0.4 is 5.32 Å². The molecule has 1 fully saturated rings. The molecule has 1 aromatic carbocycles. The average Bonchev–Trinajstić information content (AvgIpc) is 2.67. The van der Waals surface area contributed by atoms with Gasteiger partial charge in [0.15, 0.2) is 5.82 Å². The maximum absolute atomic E-state index is 13.4. The topological polar surface area (TPSA) is 12.0 Å². The summed E-state index contributed by atoms with van der Waals surface area (Å²) < 4.78 is 13.9. The van der Waals surface area contributed by atoms with Crippen LogP contribution in [0.15, 0.2) is 16.6 Å². The third-order valence-electron chi connectivity index (χ3n) is 2.50. The normalized spacial score (nSPS) is 21.5. The maximum Gasteiger partial charge on any atom is 0.156 e. The van der Waals surface area contributed by atoms with Crippen molar-refractivity contribution >= 4 is 27.5 Å². The Morgan fingerprint density at radius 1 is 1.50 bits per heavy atom. The van der Waals surface area contributed by atoms with Gasteiger partial charge in [0.2, 0.25) is 0 Å². The zero-order valence-electron chi connectivity index (χ0n) is 7.49. The lowest BCUT2D eigenvalue weighted by Crippen LogP contribution is -2.13. The number of rotatable bonds is 1. The molecule has 0 aromatic heterocycles. The third kappa shape index (κ3) is 1.81. The van der Waals surface area contributed by atoms with Crippen molar-refractivity contribution in [2.75, 3.05) is 6.54 Å². The summed E-state index contributed by atoms with van der Waals surface area (Å²) in [4.78, 5) is 0. The molecule has 1 nitrogen and oxygen atoms in total. The molecular weight excluding hydrogens is 268 g/mol. The Kier molecular flexibility index (Phi) is 3.10. The second kappa shape index (κ2) is 4.17. The summed E-state index contributed by atoms with van der Waals surface area (Å²) in [5, 5.41) is 3.49. The van der Waals surface area contributed by atoms with Gasteiger partial charge in [0.25, 0.3) is 0 Å². The molecule has 0 bridgehead atoms. The molecule has 0 saturated carbocycles. The molecule has 1 heterocycles. The first kappa shape index (κ1) is 10.4. The van der Waals surface area contributed by atoms with E-state index in [1.54, 1.807) is 6.07 Å². The predicted octanol–water partition coefficient (Wildman–Crippen LogP) is 3.67. The van der Waals surface area contributed by atoms with Crippen molar-refractivity contribution in [2.24, 2.45) is 0 Å². The van der Waals surface area contributed by atoms with Crippen molar-refractivity contribution in [3.8, 4) is 0 Å². The minimum Gasteiger partial charge on any atom is -0.310 e. The molecule has 1 saturated heterocycles. The quantitative estimate of drug-likeness (QED) is 0.773. The number of nitrogens with one attached hydrogen (secondary N) is 1. The fraction of sp³-hybridized carbons (Fsp3) is 0.400. The molecule has 14 heavy (non-hydrogen) atoms. The highest BCUT2D eigenvalue weighted by Crippen LogP contribution is 2.33. The second-order valence-corrected chi connectivity index (χ2v) is 4.61. The first-order chi connectivity index (χ1) is 6.70. The van der Waals surface area contributed by atoms with Crippen molar-refractivity contribution in [3.63, 3.8) is 0 Å². The van der Waals surface area contributed by atoms with Gasteiger partial charge in [0.1, 0.15) is 0 Å². The van der Waals surface area contributed by atoms with Crippen LogP contribution in [0.1, 0.15) is 24.4 Å². The molecule has 1 aromatic rings. The van der Waals surface area contributed by atoms with E-state index in [0.29, 0.717) is 4.47 Å². The summed E-state index contributed by atoms with van der Waals surface area (Å²) in [6.45, 7) is 1.00. The minimum absolute atomic E-state index is 0.165. The van der Waals surface area contributed by atoms with Gasteiger partial charge in [-0.15, -0.1) is 0 Å². The van der Waals surface area contributed by atoms with Crippen molar-refractivity contribution in [2.45, 2.75) is 18.9 Å².